The predicted molar refractivity (Wildman–Crippen MR) is 72.9 cm³/mol. The Morgan fingerprint density at radius 1 is 1.33 bits per heavy atom. The normalized spacial score (nSPS) is 12.8. The Kier molecular flexibility index (Phi) is 6.48. The Labute approximate surface area is 121 Å². The summed E-state index contributed by atoms with van der Waals surface area (Å²) in [6.07, 6.45) is -4.45. The van der Waals surface area contributed by atoms with Crippen LogP contribution in [0.4, 0.5) is 13.2 Å². The molecule has 21 heavy (non-hydrogen) atoms. The van der Waals surface area contributed by atoms with Gasteiger partial charge in [0, 0.05) is 19.0 Å². The van der Waals surface area contributed by atoms with E-state index in [1.165, 1.54) is 12.1 Å². The van der Waals surface area contributed by atoms with Gasteiger partial charge in [0.25, 0.3) is 0 Å². The van der Waals surface area contributed by atoms with Crippen molar-refractivity contribution >= 4 is 5.91 Å². The number of hydrogen-bond donors (Lipinski definition) is 2. The molecular weight excluding hydrogens is 285 g/mol. The number of hydrogen-bond acceptors (Lipinski definition) is 3. The third-order valence-electron chi connectivity index (χ3n) is 2.85. The second-order valence-electron chi connectivity index (χ2n) is 4.66. The van der Waals surface area contributed by atoms with E-state index in [4.69, 9.17) is 0 Å². The molecule has 0 aliphatic rings. The van der Waals surface area contributed by atoms with Crippen LogP contribution in [0.5, 0.6) is 5.75 Å². The Bertz CT molecular complexity index is 464. The maximum Gasteiger partial charge on any atom is 0.573 e. The van der Waals surface area contributed by atoms with Gasteiger partial charge in [-0.1, -0.05) is 25.1 Å². The van der Waals surface area contributed by atoms with Crippen LogP contribution in [0.1, 0.15) is 12.5 Å². The average Bonchev–Trinajstić information content (AvgIpc) is 2.39. The molecule has 0 bridgehead atoms. The summed E-state index contributed by atoms with van der Waals surface area (Å²) in [7, 11) is 1.74. The number of halogens is 3. The van der Waals surface area contributed by atoms with Gasteiger partial charge in [-0.2, -0.15) is 0 Å². The van der Waals surface area contributed by atoms with Crippen LogP contribution in [0.25, 0.3) is 0 Å². The maximum absolute atomic E-state index is 12.3. The molecule has 1 unspecified atom stereocenters. The summed E-state index contributed by atoms with van der Waals surface area (Å²) in [5.41, 5.74) is 0.399. The highest BCUT2D eigenvalue weighted by Gasteiger charge is 2.31. The quantitative estimate of drug-likeness (QED) is 0.811. The van der Waals surface area contributed by atoms with Crippen molar-refractivity contribution in [3.05, 3.63) is 29.8 Å². The third-order valence-corrected chi connectivity index (χ3v) is 2.85. The summed E-state index contributed by atoms with van der Waals surface area (Å²) in [4.78, 5) is 11.7. The second kappa shape index (κ2) is 7.87. The summed E-state index contributed by atoms with van der Waals surface area (Å²) in [6.45, 7) is 2.57. The van der Waals surface area contributed by atoms with Gasteiger partial charge in [0.05, 0.1) is 0 Å². The Morgan fingerprint density at radius 3 is 2.62 bits per heavy atom. The number of alkyl halides is 3. The molecule has 1 aromatic rings. The summed E-state index contributed by atoms with van der Waals surface area (Å²) >= 11 is 0. The Morgan fingerprint density at radius 2 is 2.00 bits per heavy atom. The van der Waals surface area contributed by atoms with E-state index in [-0.39, 0.29) is 30.5 Å². The zero-order valence-electron chi connectivity index (χ0n) is 12.0. The highest BCUT2D eigenvalue weighted by molar-refractivity contribution is 5.78. The zero-order valence-corrected chi connectivity index (χ0v) is 12.0. The molecule has 7 heteroatoms. The van der Waals surface area contributed by atoms with Crippen molar-refractivity contribution < 1.29 is 22.7 Å². The zero-order chi connectivity index (χ0) is 15.9. The van der Waals surface area contributed by atoms with Crippen LogP contribution in [0, 0.1) is 5.92 Å². The second-order valence-corrected chi connectivity index (χ2v) is 4.66. The molecule has 2 N–H and O–H groups in total. The first-order chi connectivity index (χ1) is 9.83. The van der Waals surface area contributed by atoms with Crippen molar-refractivity contribution in [3.8, 4) is 5.75 Å². The van der Waals surface area contributed by atoms with E-state index in [1.54, 1.807) is 26.1 Å². The molecule has 0 heterocycles. The van der Waals surface area contributed by atoms with E-state index in [9.17, 15) is 18.0 Å². The lowest BCUT2D eigenvalue weighted by Crippen LogP contribution is -2.35. The summed E-state index contributed by atoms with van der Waals surface area (Å²) in [6, 6.07) is 5.90. The number of carbonyl (C=O) groups is 1. The fourth-order valence-corrected chi connectivity index (χ4v) is 1.83. The molecule has 0 spiro atoms. The molecule has 0 radical (unpaired) electrons. The number of amides is 1. The van der Waals surface area contributed by atoms with E-state index in [0.717, 1.165) is 0 Å². The molecule has 0 aromatic heterocycles. The van der Waals surface area contributed by atoms with Crippen molar-refractivity contribution in [2.45, 2.75) is 19.7 Å². The van der Waals surface area contributed by atoms with E-state index in [0.29, 0.717) is 12.1 Å². The fraction of sp³-hybridized carbons (Fsp3) is 0.500. The van der Waals surface area contributed by atoms with E-state index < -0.39 is 6.36 Å². The smallest absolute Gasteiger partial charge is 0.406 e. The topological polar surface area (TPSA) is 50.4 Å². The third kappa shape index (κ3) is 6.48. The molecule has 0 saturated carbocycles. The monoisotopic (exact) mass is 304 g/mol. The minimum Gasteiger partial charge on any atom is -0.406 e. The van der Waals surface area contributed by atoms with Gasteiger partial charge in [-0.3, -0.25) is 4.79 Å². The molecule has 1 rings (SSSR count). The van der Waals surface area contributed by atoms with Crippen molar-refractivity contribution in [2.24, 2.45) is 5.92 Å². The van der Waals surface area contributed by atoms with E-state index in [2.05, 4.69) is 15.4 Å². The molecular formula is C14H19F3N2O2. The number of rotatable bonds is 7. The van der Waals surface area contributed by atoms with Crippen LogP contribution >= 0.6 is 0 Å². The molecule has 4 nitrogen and oxygen atoms in total. The van der Waals surface area contributed by atoms with E-state index >= 15 is 0 Å². The van der Waals surface area contributed by atoms with Crippen LogP contribution < -0.4 is 15.4 Å². The molecule has 1 aromatic carbocycles. The molecule has 1 atom stereocenters. The average molecular weight is 304 g/mol. The van der Waals surface area contributed by atoms with E-state index in [1.807, 2.05) is 0 Å². The van der Waals surface area contributed by atoms with Crippen LogP contribution in [0.15, 0.2) is 24.3 Å². The lowest BCUT2D eigenvalue weighted by atomic mass is 10.1. The molecule has 0 aliphatic carbocycles. The molecule has 0 aliphatic heterocycles. The van der Waals surface area contributed by atoms with Crippen LogP contribution in [0.3, 0.4) is 0 Å². The van der Waals surface area contributed by atoms with Crippen LogP contribution in [-0.2, 0) is 11.2 Å². The highest BCUT2D eigenvalue weighted by atomic mass is 19.4. The summed E-state index contributed by atoms with van der Waals surface area (Å²) in [5, 5.41) is 5.58. The maximum atomic E-state index is 12.3. The van der Waals surface area contributed by atoms with Gasteiger partial charge >= 0.3 is 6.36 Å². The fourth-order valence-electron chi connectivity index (χ4n) is 1.83. The molecule has 118 valence electrons. The van der Waals surface area contributed by atoms with Gasteiger partial charge in [-0.25, -0.2) is 0 Å². The van der Waals surface area contributed by atoms with Crippen molar-refractivity contribution in [1.29, 1.82) is 0 Å². The van der Waals surface area contributed by atoms with Crippen LogP contribution in [-0.4, -0.2) is 32.4 Å². The largest absolute Gasteiger partial charge is 0.573 e. The standard InChI is InChI=1S/C14H19F3N2O2/c1-10(9-18-2)13(20)19-8-7-11-5-3-4-6-12(11)21-14(15,16)17/h3-6,10,18H,7-9H2,1-2H3,(H,19,20). The first-order valence-corrected chi connectivity index (χ1v) is 6.59. The van der Waals surface area contributed by atoms with Gasteiger partial charge < -0.3 is 15.4 Å². The lowest BCUT2D eigenvalue weighted by molar-refractivity contribution is -0.274. The lowest BCUT2D eigenvalue weighted by Gasteiger charge is -2.14. The Balaban J connectivity index is 2.54. The van der Waals surface area contributed by atoms with Gasteiger partial charge in [-0.15, -0.1) is 13.2 Å². The first-order valence-electron chi connectivity index (χ1n) is 6.59. The minimum atomic E-state index is -4.72. The Hall–Kier alpha value is -1.76. The number of para-hydroxylation sites is 1. The summed E-state index contributed by atoms with van der Waals surface area (Å²) in [5.74, 6) is -0.572. The molecule has 1 amide bonds. The van der Waals surface area contributed by atoms with Gasteiger partial charge in [0.15, 0.2) is 0 Å². The number of nitrogens with one attached hydrogen (secondary N) is 2. The van der Waals surface area contributed by atoms with Crippen molar-refractivity contribution in [1.82, 2.24) is 10.6 Å². The number of carbonyl (C=O) groups excluding carboxylic acids is 1. The predicted octanol–water partition coefficient (Wildman–Crippen LogP) is 2.10. The van der Waals surface area contributed by atoms with Crippen molar-refractivity contribution in [3.63, 3.8) is 0 Å². The minimum absolute atomic E-state index is 0.140. The SMILES string of the molecule is CNCC(C)C(=O)NCCc1ccccc1OC(F)(F)F. The highest BCUT2D eigenvalue weighted by Crippen LogP contribution is 2.26. The van der Waals surface area contributed by atoms with Gasteiger partial charge in [0.1, 0.15) is 5.75 Å². The van der Waals surface area contributed by atoms with Crippen LogP contribution in [0.2, 0.25) is 0 Å². The van der Waals surface area contributed by atoms with Gasteiger partial charge in [-0.05, 0) is 25.1 Å². The summed E-state index contributed by atoms with van der Waals surface area (Å²) < 4.78 is 40.7. The molecule has 0 saturated heterocycles. The van der Waals surface area contributed by atoms with Crippen molar-refractivity contribution in [2.75, 3.05) is 20.1 Å². The number of ether oxygens (including phenoxy) is 1. The molecule has 0 fully saturated rings. The number of benzene rings is 1. The first kappa shape index (κ1) is 17.3. The van der Waals surface area contributed by atoms with Gasteiger partial charge in [0.2, 0.25) is 5.91 Å².